The maximum Gasteiger partial charge on any atom is 0.290 e. The highest BCUT2D eigenvalue weighted by atomic mass is 16.5. The molecule has 3 heterocycles. The second-order valence-electron chi connectivity index (χ2n) is 7.51. The summed E-state index contributed by atoms with van der Waals surface area (Å²) in [6.45, 7) is 3.08. The molecule has 0 radical (unpaired) electrons. The predicted octanol–water partition coefficient (Wildman–Crippen LogP) is 0.543. The van der Waals surface area contributed by atoms with Crippen LogP contribution in [0.25, 0.3) is 0 Å². The van der Waals surface area contributed by atoms with E-state index in [9.17, 15) is 9.59 Å². The van der Waals surface area contributed by atoms with Gasteiger partial charge in [-0.25, -0.2) is 0 Å². The second kappa shape index (κ2) is 12.9. The number of likely N-dealkylation sites (tertiary alicyclic amines) is 1. The zero-order chi connectivity index (χ0) is 21.8. The number of morpholine rings is 1. The van der Waals surface area contributed by atoms with Gasteiger partial charge in [0, 0.05) is 57.0 Å². The van der Waals surface area contributed by atoms with Crippen molar-refractivity contribution in [1.29, 1.82) is 0 Å². The van der Waals surface area contributed by atoms with E-state index in [-0.39, 0.29) is 24.3 Å². The SMILES string of the molecule is CN1[C@@H](CC(=O)N2CCOCC2)CC[C@H]1CNC(=O)CCc1ccncc1.O=CO. The second-order valence-corrected chi connectivity index (χ2v) is 7.51. The summed E-state index contributed by atoms with van der Waals surface area (Å²) in [5, 5.41) is 9.94. The number of amides is 2. The van der Waals surface area contributed by atoms with Gasteiger partial charge in [-0.05, 0) is 44.0 Å². The standard InChI is InChI=1S/C20H30N4O3.CH2O2/c1-23-17(14-20(26)24-10-12-27-13-11-24)3-4-18(23)15-22-19(25)5-2-16-6-8-21-9-7-16;2-1-3/h6-9,17-18H,2-5,10-15H2,1H3,(H,22,25);1H,(H,2,3)/t17-,18+;/m1./s1. The Hall–Kier alpha value is -2.52. The summed E-state index contributed by atoms with van der Waals surface area (Å²) in [5.74, 6) is 0.297. The van der Waals surface area contributed by atoms with Gasteiger partial charge < -0.3 is 20.1 Å². The number of pyridine rings is 1. The predicted molar refractivity (Wildman–Crippen MR) is 111 cm³/mol. The van der Waals surface area contributed by atoms with Crippen LogP contribution in [0.4, 0.5) is 0 Å². The Morgan fingerprint density at radius 2 is 1.87 bits per heavy atom. The molecule has 2 fully saturated rings. The zero-order valence-electron chi connectivity index (χ0n) is 17.5. The average Bonchev–Trinajstić information content (AvgIpc) is 3.12. The van der Waals surface area contributed by atoms with E-state index in [1.165, 1.54) is 0 Å². The number of hydrogen-bond donors (Lipinski definition) is 2. The summed E-state index contributed by atoms with van der Waals surface area (Å²) in [6, 6.07) is 4.44. The minimum Gasteiger partial charge on any atom is -0.483 e. The Balaban J connectivity index is 0.00000101. The monoisotopic (exact) mass is 420 g/mol. The third-order valence-corrected chi connectivity index (χ3v) is 5.68. The van der Waals surface area contributed by atoms with E-state index in [0.29, 0.717) is 51.7 Å². The van der Waals surface area contributed by atoms with Gasteiger partial charge in [0.2, 0.25) is 11.8 Å². The third-order valence-electron chi connectivity index (χ3n) is 5.68. The first-order valence-electron chi connectivity index (χ1n) is 10.4. The molecule has 2 amide bonds. The Morgan fingerprint density at radius 1 is 1.23 bits per heavy atom. The molecule has 2 N–H and O–H groups in total. The Bertz CT molecular complexity index is 667. The Labute approximate surface area is 177 Å². The summed E-state index contributed by atoms with van der Waals surface area (Å²) >= 11 is 0. The number of carbonyl (C=O) groups excluding carboxylic acids is 2. The third kappa shape index (κ3) is 7.72. The van der Waals surface area contributed by atoms with Gasteiger partial charge >= 0.3 is 0 Å². The molecule has 0 spiro atoms. The van der Waals surface area contributed by atoms with Gasteiger partial charge in [-0.2, -0.15) is 0 Å². The number of carboxylic acid groups (broad SMARTS) is 1. The molecular weight excluding hydrogens is 388 g/mol. The van der Waals surface area contributed by atoms with Crippen molar-refractivity contribution in [3.8, 4) is 0 Å². The topological polar surface area (TPSA) is 112 Å². The highest BCUT2D eigenvalue weighted by Gasteiger charge is 2.33. The molecule has 0 aliphatic carbocycles. The first-order chi connectivity index (χ1) is 14.5. The van der Waals surface area contributed by atoms with Crippen LogP contribution in [0.3, 0.4) is 0 Å². The fourth-order valence-electron chi connectivity index (χ4n) is 3.85. The maximum absolute atomic E-state index is 12.5. The largest absolute Gasteiger partial charge is 0.483 e. The number of nitrogens with one attached hydrogen (secondary N) is 1. The summed E-state index contributed by atoms with van der Waals surface area (Å²) in [5.41, 5.74) is 1.12. The molecule has 2 atom stereocenters. The molecule has 0 aromatic carbocycles. The fourth-order valence-corrected chi connectivity index (χ4v) is 3.85. The van der Waals surface area contributed by atoms with Gasteiger partial charge in [0.25, 0.3) is 6.47 Å². The average molecular weight is 421 g/mol. The normalized spacial score (nSPS) is 21.4. The molecular formula is C21H32N4O5. The molecule has 9 nitrogen and oxygen atoms in total. The lowest BCUT2D eigenvalue weighted by Gasteiger charge is -2.30. The highest BCUT2D eigenvalue weighted by molar-refractivity contribution is 5.77. The van der Waals surface area contributed by atoms with E-state index in [4.69, 9.17) is 14.6 Å². The molecule has 0 bridgehead atoms. The van der Waals surface area contributed by atoms with E-state index in [1.807, 2.05) is 17.0 Å². The van der Waals surface area contributed by atoms with E-state index >= 15 is 0 Å². The van der Waals surface area contributed by atoms with Crippen LogP contribution in [0, 0.1) is 0 Å². The van der Waals surface area contributed by atoms with Gasteiger partial charge in [0.15, 0.2) is 0 Å². The molecule has 2 aliphatic heterocycles. The van der Waals surface area contributed by atoms with Crippen LogP contribution >= 0.6 is 0 Å². The molecule has 2 saturated heterocycles. The molecule has 30 heavy (non-hydrogen) atoms. The van der Waals surface area contributed by atoms with Crippen molar-refractivity contribution in [3.05, 3.63) is 30.1 Å². The number of nitrogens with zero attached hydrogens (tertiary/aromatic N) is 3. The van der Waals surface area contributed by atoms with E-state index in [1.54, 1.807) is 12.4 Å². The lowest BCUT2D eigenvalue weighted by Crippen LogP contribution is -2.45. The van der Waals surface area contributed by atoms with Crippen LogP contribution in [0.2, 0.25) is 0 Å². The van der Waals surface area contributed by atoms with Gasteiger partial charge in [-0.15, -0.1) is 0 Å². The lowest BCUT2D eigenvalue weighted by molar-refractivity contribution is -0.136. The smallest absolute Gasteiger partial charge is 0.290 e. The summed E-state index contributed by atoms with van der Waals surface area (Å²) < 4.78 is 5.31. The van der Waals surface area contributed by atoms with Crippen molar-refractivity contribution in [2.75, 3.05) is 39.9 Å². The minimum absolute atomic E-state index is 0.0769. The molecule has 9 heteroatoms. The Morgan fingerprint density at radius 3 is 2.53 bits per heavy atom. The summed E-state index contributed by atoms with van der Waals surface area (Å²) in [6.07, 6.45) is 7.29. The maximum atomic E-state index is 12.5. The van der Waals surface area contributed by atoms with Gasteiger partial charge in [-0.1, -0.05) is 0 Å². The van der Waals surface area contributed by atoms with Crippen molar-refractivity contribution in [2.45, 2.75) is 44.2 Å². The lowest BCUT2D eigenvalue weighted by atomic mass is 10.1. The quantitative estimate of drug-likeness (QED) is 0.619. The van der Waals surface area contributed by atoms with Crippen LogP contribution in [0.15, 0.2) is 24.5 Å². The van der Waals surface area contributed by atoms with Crippen molar-refractivity contribution in [3.63, 3.8) is 0 Å². The van der Waals surface area contributed by atoms with E-state index in [0.717, 1.165) is 24.8 Å². The first-order valence-corrected chi connectivity index (χ1v) is 10.4. The molecule has 166 valence electrons. The van der Waals surface area contributed by atoms with Crippen molar-refractivity contribution in [1.82, 2.24) is 20.1 Å². The molecule has 1 aromatic heterocycles. The molecule has 0 saturated carbocycles. The van der Waals surface area contributed by atoms with Gasteiger partial charge in [-0.3, -0.25) is 24.3 Å². The van der Waals surface area contributed by atoms with E-state index in [2.05, 4.69) is 22.2 Å². The van der Waals surface area contributed by atoms with Gasteiger partial charge in [0.1, 0.15) is 0 Å². The zero-order valence-corrected chi connectivity index (χ0v) is 17.5. The number of ether oxygens (including phenoxy) is 1. The van der Waals surface area contributed by atoms with Crippen LogP contribution in [0.1, 0.15) is 31.2 Å². The van der Waals surface area contributed by atoms with Crippen LogP contribution in [0.5, 0.6) is 0 Å². The number of likely N-dealkylation sites (N-methyl/N-ethyl adjacent to an activating group) is 1. The summed E-state index contributed by atoms with van der Waals surface area (Å²) in [7, 11) is 2.07. The summed E-state index contributed by atoms with van der Waals surface area (Å²) in [4.78, 5) is 41.1. The fraction of sp³-hybridized carbons (Fsp3) is 0.619. The molecule has 1 aromatic rings. The highest BCUT2D eigenvalue weighted by Crippen LogP contribution is 2.25. The van der Waals surface area contributed by atoms with Crippen LogP contribution < -0.4 is 5.32 Å². The number of carbonyl (C=O) groups is 3. The number of rotatable bonds is 7. The van der Waals surface area contributed by atoms with Crippen molar-refractivity contribution < 1.29 is 24.2 Å². The van der Waals surface area contributed by atoms with Crippen molar-refractivity contribution >= 4 is 18.3 Å². The molecule has 3 rings (SSSR count). The van der Waals surface area contributed by atoms with Gasteiger partial charge in [0.05, 0.1) is 13.2 Å². The molecule has 2 aliphatic rings. The first kappa shape index (κ1) is 23.8. The van der Waals surface area contributed by atoms with E-state index < -0.39 is 0 Å². The number of aromatic nitrogens is 1. The van der Waals surface area contributed by atoms with Crippen LogP contribution in [-0.4, -0.2) is 90.2 Å². The molecule has 0 unspecified atom stereocenters. The number of hydrogen-bond acceptors (Lipinski definition) is 6. The Kier molecular flexibility index (Phi) is 10.2. The van der Waals surface area contributed by atoms with Crippen molar-refractivity contribution in [2.24, 2.45) is 0 Å². The minimum atomic E-state index is -0.250. The number of aryl methyl sites for hydroxylation is 1. The van der Waals surface area contributed by atoms with Crippen LogP contribution in [-0.2, 0) is 25.5 Å².